The minimum atomic E-state index is -0.635. The molecule has 1 heterocycles. The summed E-state index contributed by atoms with van der Waals surface area (Å²) >= 11 is 0. The van der Waals surface area contributed by atoms with E-state index in [2.05, 4.69) is 4.99 Å². The quantitative estimate of drug-likeness (QED) is 0.759. The van der Waals surface area contributed by atoms with E-state index in [4.69, 9.17) is 9.47 Å². The molecular formula is C24H23NO5. The fraction of sp³-hybridized carbons (Fsp3) is 0.292. The van der Waals surface area contributed by atoms with Gasteiger partial charge >= 0.3 is 5.97 Å². The third kappa shape index (κ3) is 3.09. The van der Waals surface area contributed by atoms with E-state index in [0.717, 1.165) is 5.56 Å². The van der Waals surface area contributed by atoms with Crippen LogP contribution in [0.15, 0.2) is 58.7 Å². The third-order valence-electron chi connectivity index (χ3n) is 5.51. The highest BCUT2D eigenvalue weighted by molar-refractivity contribution is 6.30. The lowest BCUT2D eigenvalue weighted by molar-refractivity contribution is -0.139. The van der Waals surface area contributed by atoms with E-state index in [-0.39, 0.29) is 18.1 Å². The van der Waals surface area contributed by atoms with Crippen LogP contribution in [0.3, 0.4) is 0 Å². The van der Waals surface area contributed by atoms with Crippen LogP contribution in [0.25, 0.3) is 0 Å². The van der Waals surface area contributed by atoms with Crippen molar-refractivity contribution >= 4 is 17.5 Å². The zero-order valence-corrected chi connectivity index (χ0v) is 17.1. The van der Waals surface area contributed by atoms with Crippen LogP contribution in [-0.4, -0.2) is 35.8 Å². The number of fused-ring (bicyclic) bond motifs is 3. The zero-order chi connectivity index (χ0) is 21.4. The molecule has 0 saturated carbocycles. The second-order valence-corrected chi connectivity index (χ2v) is 7.24. The van der Waals surface area contributed by atoms with Crippen molar-refractivity contribution in [1.29, 1.82) is 0 Å². The summed E-state index contributed by atoms with van der Waals surface area (Å²) in [5.74, 6) is -1.47. The van der Waals surface area contributed by atoms with E-state index >= 15 is 0 Å². The molecule has 2 aliphatic rings. The second-order valence-electron chi connectivity index (χ2n) is 7.24. The maximum absolute atomic E-state index is 13.4. The molecule has 0 fully saturated rings. The van der Waals surface area contributed by atoms with E-state index in [1.54, 1.807) is 32.0 Å². The van der Waals surface area contributed by atoms with E-state index in [0.29, 0.717) is 40.5 Å². The topological polar surface area (TPSA) is 85.2 Å². The number of allylic oxidation sites excluding steroid dienone is 1. The van der Waals surface area contributed by atoms with Crippen molar-refractivity contribution in [2.75, 3.05) is 13.2 Å². The van der Waals surface area contributed by atoms with Gasteiger partial charge in [0.1, 0.15) is 0 Å². The fourth-order valence-corrected chi connectivity index (χ4v) is 4.29. The molecule has 0 aromatic heterocycles. The molecule has 1 unspecified atom stereocenters. The first-order chi connectivity index (χ1) is 14.5. The van der Waals surface area contributed by atoms with Crippen molar-refractivity contribution in [3.63, 3.8) is 0 Å². The number of rotatable bonds is 5. The monoisotopic (exact) mass is 405 g/mol. The maximum atomic E-state index is 13.4. The first-order valence-electron chi connectivity index (χ1n) is 10.0. The Balaban J connectivity index is 1.92. The van der Waals surface area contributed by atoms with Gasteiger partial charge in [-0.25, -0.2) is 4.79 Å². The van der Waals surface area contributed by atoms with Crippen molar-refractivity contribution in [3.05, 3.63) is 70.4 Å². The van der Waals surface area contributed by atoms with Gasteiger partial charge in [-0.3, -0.25) is 9.79 Å². The van der Waals surface area contributed by atoms with Gasteiger partial charge in [0.15, 0.2) is 17.3 Å². The molecule has 154 valence electrons. The number of aliphatic imine (C=N–C) groups is 1. The van der Waals surface area contributed by atoms with E-state index in [1.807, 2.05) is 25.1 Å². The average Bonchev–Trinajstić information content (AvgIpc) is 3.01. The van der Waals surface area contributed by atoms with Gasteiger partial charge in [-0.2, -0.15) is 0 Å². The van der Waals surface area contributed by atoms with Crippen LogP contribution in [0.4, 0.5) is 0 Å². The Bertz CT molecular complexity index is 1100. The van der Waals surface area contributed by atoms with Gasteiger partial charge in [0.2, 0.25) is 0 Å². The molecule has 6 nitrogen and oxygen atoms in total. The van der Waals surface area contributed by atoms with Gasteiger partial charge in [-0.15, -0.1) is 0 Å². The summed E-state index contributed by atoms with van der Waals surface area (Å²) in [6.45, 7) is 5.92. The molecule has 1 N–H and O–H groups in total. The molecule has 2 aromatic rings. The first kappa shape index (κ1) is 19.9. The van der Waals surface area contributed by atoms with Crippen LogP contribution in [0, 0.1) is 5.92 Å². The minimum Gasteiger partial charge on any atom is -0.504 e. The van der Waals surface area contributed by atoms with Crippen molar-refractivity contribution in [2.45, 2.75) is 26.7 Å². The molecule has 4 rings (SSSR count). The van der Waals surface area contributed by atoms with Crippen LogP contribution in [0.2, 0.25) is 0 Å². The Hall–Kier alpha value is -3.41. The van der Waals surface area contributed by atoms with Crippen LogP contribution in [0.5, 0.6) is 11.5 Å². The second kappa shape index (κ2) is 7.78. The van der Waals surface area contributed by atoms with Gasteiger partial charge in [0.05, 0.1) is 30.4 Å². The number of hydrogen-bond acceptors (Lipinski definition) is 6. The predicted molar refractivity (Wildman–Crippen MR) is 112 cm³/mol. The van der Waals surface area contributed by atoms with Crippen molar-refractivity contribution in [3.8, 4) is 11.5 Å². The number of nitrogens with zero attached hydrogens (tertiary/aromatic N) is 1. The largest absolute Gasteiger partial charge is 0.504 e. The Morgan fingerprint density at radius 1 is 1.07 bits per heavy atom. The molecule has 0 amide bonds. The molecule has 1 aliphatic heterocycles. The van der Waals surface area contributed by atoms with E-state index in [1.165, 1.54) is 6.07 Å². The van der Waals surface area contributed by atoms with Gasteiger partial charge < -0.3 is 14.6 Å². The summed E-state index contributed by atoms with van der Waals surface area (Å²) in [6, 6.07) is 12.3. The number of phenols is 1. The molecule has 2 aromatic carbocycles. The summed E-state index contributed by atoms with van der Waals surface area (Å²) in [7, 11) is 0. The Kier molecular flexibility index (Phi) is 5.16. The van der Waals surface area contributed by atoms with Gasteiger partial charge in [0.25, 0.3) is 0 Å². The van der Waals surface area contributed by atoms with Gasteiger partial charge in [-0.05, 0) is 38.5 Å². The lowest BCUT2D eigenvalue weighted by Crippen LogP contribution is -2.32. The SMILES string of the molecule is CCOC(=O)C1=C(C)N=C2c3ccccc3C(=O)C2[C@@H]1c1ccc(O)c(OCC)c1. The molecule has 0 spiro atoms. The molecule has 6 heteroatoms. The van der Waals surface area contributed by atoms with E-state index in [9.17, 15) is 14.7 Å². The van der Waals surface area contributed by atoms with E-state index < -0.39 is 17.8 Å². The molecule has 2 atom stereocenters. The zero-order valence-electron chi connectivity index (χ0n) is 17.1. The molecule has 0 radical (unpaired) electrons. The number of hydrogen-bond donors (Lipinski definition) is 1. The standard InChI is InChI=1S/C24H23NO5/c1-4-29-18-12-14(10-11-17(18)26)20-19(24(28)30-5-2)13(3)25-22-15-8-6-7-9-16(15)23(27)21(20)22/h6-12,20-21,26H,4-5H2,1-3H3/t20-,21?/m1/s1. The first-order valence-corrected chi connectivity index (χ1v) is 10.0. The number of esters is 1. The Labute approximate surface area is 174 Å². The highest BCUT2D eigenvalue weighted by Crippen LogP contribution is 2.47. The number of carbonyl (C=O) groups excluding carboxylic acids is 2. The number of ketones is 1. The summed E-state index contributed by atoms with van der Waals surface area (Å²) in [4.78, 5) is 31.0. The number of ether oxygens (including phenoxy) is 2. The van der Waals surface area contributed by atoms with Crippen molar-refractivity contribution in [2.24, 2.45) is 10.9 Å². The van der Waals surface area contributed by atoms with Crippen LogP contribution in [-0.2, 0) is 9.53 Å². The normalized spacial score (nSPS) is 19.8. The van der Waals surface area contributed by atoms with Crippen molar-refractivity contribution in [1.82, 2.24) is 0 Å². The highest BCUT2D eigenvalue weighted by Gasteiger charge is 2.48. The smallest absolute Gasteiger partial charge is 0.336 e. The summed E-state index contributed by atoms with van der Waals surface area (Å²) in [5.41, 5.74) is 3.64. The van der Waals surface area contributed by atoms with Crippen molar-refractivity contribution < 1.29 is 24.2 Å². The lowest BCUT2D eigenvalue weighted by atomic mass is 9.75. The fourth-order valence-electron chi connectivity index (χ4n) is 4.29. The maximum Gasteiger partial charge on any atom is 0.336 e. The number of Topliss-reactive ketones (excluding diaryl/α,β-unsaturated/α-hetero) is 1. The predicted octanol–water partition coefficient (Wildman–Crippen LogP) is 4.03. The lowest BCUT2D eigenvalue weighted by Gasteiger charge is -2.30. The summed E-state index contributed by atoms with van der Waals surface area (Å²) in [6.07, 6.45) is 0. The summed E-state index contributed by atoms with van der Waals surface area (Å²) < 4.78 is 10.8. The van der Waals surface area contributed by atoms with Gasteiger partial charge in [-0.1, -0.05) is 30.3 Å². The molecule has 0 bridgehead atoms. The molecule has 1 aliphatic carbocycles. The van der Waals surface area contributed by atoms with Crippen LogP contribution in [0.1, 0.15) is 48.2 Å². The van der Waals surface area contributed by atoms with Crippen LogP contribution >= 0.6 is 0 Å². The summed E-state index contributed by atoms with van der Waals surface area (Å²) in [5, 5.41) is 10.1. The average molecular weight is 405 g/mol. The number of benzene rings is 2. The Morgan fingerprint density at radius 2 is 1.80 bits per heavy atom. The minimum absolute atomic E-state index is 0.00437. The molecular weight excluding hydrogens is 382 g/mol. The number of carbonyl (C=O) groups is 2. The molecule has 30 heavy (non-hydrogen) atoms. The van der Waals surface area contributed by atoms with Crippen LogP contribution < -0.4 is 4.74 Å². The van der Waals surface area contributed by atoms with Gasteiger partial charge in [0, 0.05) is 22.7 Å². The third-order valence-corrected chi connectivity index (χ3v) is 5.51. The Morgan fingerprint density at radius 3 is 2.50 bits per heavy atom. The highest BCUT2D eigenvalue weighted by atomic mass is 16.5. The number of aromatic hydroxyl groups is 1. The number of phenolic OH excluding ortho intramolecular Hbond substituents is 1. The molecule has 0 saturated heterocycles.